The number of esters is 1. The largest absolute Gasteiger partial charge is 0.464 e. The van der Waals surface area contributed by atoms with Crippen molar-refractivity contribution in [1.29, 1.82) is 0 Å². The summed E-state index contributed by atoms with van der Waals surface area (Å²) in [4.78, 5) is 26.6. The lowest BCUT2D eigenvalue weighted by Gasteiger charge is -2.33. The molecule has 0 saturated carbocycles. The number of hydrogen-bond donors (Lipinski definition) is 0. The van der Waals surface area contributed by atoms with Crippen LogP contribution in [0.5, 0.6) is 0 Å². The maximum Gasteiger partial charge on any atom is 0.410 e. The van der Waals surface area contributed by atoms with E-state index in [2.05, 4.69) is 13.8 Å². The minimum absolute atomic E-state index is 0.254. The van der Waals surface area contributed by atoms with Gasteiger partial charge in [-0.15, -0.1) is 0 Å². The van der Waals surface area contributed by atoms with Gasteiger partial charge in [-0.2, -0.15) is 0 Å². The summed E-state index contributed by atoms with van der Waals surface area (Å²) in [5.74, 6) is -0.254. The molecule has 0 aliphatic carbocycles. The third-order valence-electron chi connectivity index (χ3n) is 6.23. The fourth-order valence-corrected chi connectivity index (χ4v) is 4.20. The highest BCUT2D eigenvalue weighted by Crippen LogP contribution is 2.20. The number of nitrogens with zero attached hydrogens (tertiary/aromatic N) is 1. The fraction of sp³-hybridized carbons (Fsp3) is 0.923. The molecule has 1 rings (SSSR count). The van der Waals surface area contributed by atoms with Crippen molar-refractivity contribution in [2.24, 2.45) is 0 Å². The molecule has 1 heterocycles. The average Bonchev–Trinajstić information content (AvgIpc) is 2.79. The van der Waals surface area contributed by atoms with Crippen molar-refractivity contribution in [1.82, 2.24) is 4.90 Å². The van der Waals surface area contributed by atoms with Crippen LogP contribution in [0.15, 0.2) is 0 Å². The van der Waals surface area contributed by atoms with Gasteiger partial charge in [-0.25, -0.2) is 9.59 Å². The van der Waals surface area contributed by atoms with Crippen molar-refractivity contribution in [3.63, 3.8) is 0 Å². The van der Waals surface area contributed by atoms with Crippen LogP contribution in [0.2, 0.25) is 0 Å². The Kier molecular flexibility index (Phi) is 17.4. The Labute approximate surface area is 191 Å². The Morgan fingerprint density at radius 3 is 1.71 bits per heavy atom. The number of carbonyl (C=O) groups is 2. The molecule has 0 spiro atoms. The van der Waals surface area contributed by atoms with Gasteiger partial charge in [0, 0.05) is 6.54 Å². The second-order valence-electron chi connectivity index (χ2n) is 9.08. The third kappa shape index (κ3) is 13.7. The molecule has 1 saturated heterocycles. The summed E-state index contributed by atoms with van der Waals surface area (Å²) in [5, 5.41) is 0. The topological polar surface area (TPSA) is 55.8 Å². The SMILES string of the molecule is CCCCCCCCCCCOC(=O)C1CCCCN1C(=O)OCCCCCCCC. The molecule has 1 unspecified atom stereocenters. The average molecular weight is 440 g/mol. The molecule has 0 bridgehead atoms. The number of rotatable bonds is 18. The van der Waals surface area contributed by atoms with Crippen LogP contribution in [-0.2, 0) is 14.3 Å². The highest BCUT2D eigenvalue weighted by molar-refractivity contribution is 5.81. The van der Waals surface area contributed by atoms with E-state index in [4.69, 9.17) is 9.47 Å². The first-order chi connectivity index (χ1) is 15.2. The minimum atomic E-state index is -0.468. The molecule has 5 nitrogen and oxygen atoms in total. The quantitative estimate of drug-likeness (QED) is 0.165. The monoisotopic (exact) mass is 439 g/mol. The lowest BCUT2D eigenvalue weighted by molar-refractivity contribution is -0.150. The van der Waals surface area contributed by atoms with Gasteiger partial charge in [0.2, 0.25) is 0 Å². The van der Waals surface area contributed by atoms with Crippen molar-refractivity contribution in [2.45, 2.75) is 135 Å². The molecule has 1 atom stereocenters. The normalized spacial score (nSPS) is 16.3. The molecule has 1 aliphatic heterocycles. The smallest absolute Gasteiger partial charge is 0.410 e. The van der Waals surface area contributed by atoms with Gasteiger partial charge < -0.3 is 9.47 Å². The van der Waals surface area contributed by atoms with Gasteiger partial charge in [0.25, 0.3) is 0 Å². The van der Waals surface area contributed by atoms with Crippen LogP contribution in [0.3, 0.4) is 0 Å². The van der Waals surface area contributed by atoms with Crippen LogP contribution in [0.4, 0.5) is 4.79 Å². The number of hydrogen-bond acceptors (Lipinski definition) is 4. The summed E-state index contributed by atoms with van der Waals surface area (Å²) < 4.78 is 11.0. The van der Waals surface area contributed by atoms with Gasteiger partial charge in [0.1, 0.15) is 6.04 Å². The summed E-state index contributed by atoms with van der Waals surface area (Å²) in [7, 11) is 0. The lowest BCUT2D eigenvalue weighted by Crippen LogP contribution is -2.49. The zero-order valence-electron chi connectivity index (χ0n) is 20.5. The van der Waals surface area contributed by atoms with E-state index < -0.39 is 6.04 Å². The molecule has 0 N–H and O–H groups in total. The van der Waals surface area contributed by atoms with E-state index in [0.29, 0.717) is 26.2 Å². The summed E-state index contributed by atoms with van der Waals surface area (Å²) >= 11 is 0. The van der Waals surface area contributed by atoms with E-state index in [1.54, 1.807) is 4.90 Å². The molecular formula is C26H49NO4. The van der Waals surface area contributed by atoms with E-state index in [9.17, 15) is 9.59 Å². The number of ether oxygens (including phenoxy) is 2. The molecule has 1 fully saturated rings. The van der Waals surface area contributed by atoms with E-state index in [1.807, 2.05) is 0 Å². The van der Waals surface area contributed by atoms with Gasteiger partial charge in [0.05, 0.1) is 13.2 Å². The van der Waals surface area contributed by atoms with Crippen LogP contribution in [0.25, 0.3) is 0 Å². The third-order valence-corrected chi connectivity index (χ3v) is 6.23. The number of likely N-dealkylation sites (tertiary alicyclic amines) is 1. The van der Waals surface area contributed by atoms with Crippen molar-refractivity contribution < 1.29 is 19.1 Å². The van der Waals surface area contributed by atoms with Gasteiger partial charge in [-0.1, -0.05) is 97.3 Å². The van der Waals surface area contributed by atoms with E-state index in [-0.39, 0.29) is 12.1 Å². The Bertz CT molecular complexity index is 455. The Hall–Kier alpha value is -1.26. The maximum absolute atomic E-state index is 12.6. The van der Waals surface area contributed by atoms with Gasteiger partial charge in [0.15, 0.2) is 0 Å². The molecular weight excluding hydrogens is 390 g/mol. The zero-order valence-corrected chi connectivity index (χ0v) is 20.5. The van der Waals surface area contributed by atoms with Gasteiger partial charge >= 0.3 is 12.1 Å². The van der Waals surface area contributed by atoms with Crippen LogP contribution < -0.4 is 0 Å². The van der Waals surface area contributed by atoms with Crippen LogP contribution in [0.1, 0.15) is 129 Å². The predicted octanol–water partition coefficient (Wildman–Crippen LogP) is 7.41. The first-order valence-electron chi connectivity index (χ1n) is 13.3. The number of amides is 1. The molecule has 0 aromatic carbocycles. The number of piperidine rings is 1. The second kappa shape index (κ2) is 19.4. The fourth-order valence-electron chi connectivity index (χ4n) is 4.20. The van der Waals surface area contributed by atoms with Crippen molar-refractivity contribution in [3.8, 4) is 0 Å². The Morgan fingerprint density at radius 1 is 0.677 bits per heavy atom. The van der Waals surface area contributed by atoms with Gasteiger partial charge in [-0.05, 0) is 32.1 Å². The van der Waals surface area contributed by atoms with Crippen LogP contribution in [0, 0.1) is 0 Å². The van der Waals surface area contributed by atoms with Crippen LogP contribution in [-0.4, -0.2) is 42.8 Å². The maximum atomic E-state index is 12.6. The summed E-state index contributed by atoms with van der Waals surface area (Å²) in [5.41, 5.74) is 0. The standard InChI is InChI=1S/C26H49NO4/c1-3-5-7-9-11-12-13-15-18-22-30-25(28)24-20-16-17-21-27(24)26(29)31-23-19-14-10-8-6-4-2/h24H,3-23H2,1-2H3. The number of carbonyl (C=O) groups excluding carboxylic acids is 2. The molecule has 5 heteroatoms. The molecule has 0 radical (unpaired) electrons. The van der Waals surface area contributed by atoms with E-state index >= 15 is 0 Å². The van der Waals surface area contributed by atoms with Crippen molar-refractivity contribution in [3.05, 3.63) is 0 Å². The van der Waals surface area contributed by atoms with E-state index in [1.165, 1.54) is 70.6 Å². The molecule has 0 aromatic rings. The molecule has 0 aromatic heterocycles. The van der Waals surface area contributed by atoms with Crippen molar-refractivity contribution >= 4 is 12.1 Å². The minimum Gasteiger partial charge on any atom is -0.464 e. The predicted molar refractivity (Wildman–Crippen MR) is 127 cm³/mol. The summed E-state index contributed by atoms with van der Waals surface area (Å²) in [6.45, 7) is 5.95. The van der Waals surface area contributed by atoms with E-state index in [0.717, 1.165) is 38.5 Å². The summed E-state index contributed by atoms with van der Waals surface area (Å²) in [6.07, 6.45) is 20.3. The highest BCUT2D eigenvalue weighted by atomic mass is 16.6. The Balaban J connectivity index is 2.15. The Morgan fingerprint density at radius 2 is 1.16 bits per heavy atom. The second-order valence-corrected chi connectivity index (χ2v) is 9.08. The highest BCUT2D eigenvalue weighted by Gasteiger charge is 2.34. The number of unbranched alkanes of at least 4 members (excludes halogenated alkanes) is 13. The molecule has 1 amide bonds. The summed E-state index contributed by atoms with van der Waals surface area (Å²) in [6, 6.07) is -0.468. The van der Waals surface area contributed by atoms with Gasteiger partial charge in [-0.3, -0.25) is 4.90 Å². The van der Waals surface area contributed by atoms with Crippen LogP contribution >= 0.6 is 0 Å². The lowest BCUT2D eigenvalue weighted by atomic mass is 10.0. The first kappa shape index (κ1) is 27.8. The van der Waals surface area contributed by atoms with Crippen molar-refractivity contribution in [2.75, 3.05) is 19.8 Å². The molecule has 31 heavy (non-hydrogen) atoms. The molecule has 1 aliphatic rings. The molecule has 182 valence electrons. The first-order valence-corrected chi connectivity index (χ1v) is 13.3. The zero-order chi connectivity index (χ0) is 22.6.